The smallest absolute Gasteiger partial charge is 0.239 e. The first-order valence-corrected chi connectivity index (χ1v) is 7.12. The van der Waals surface area contributed by atoms with Gasteiger partial charge in [0.2, 0.25) is 5.91 Å². The molecule has 21 heavy (non-hydrogen) atoms. The van der Waals surface area contributed by atoms with Gasteiger partial charge in [0.05, 0.1) is 23.8 Å². The van der Waals surface area contributed by atoms with E-state index in [2.05, 4.69) is 20.3 Å². The van der Waals surface area contributed by atoms with Gasteiger partial charge in [0.15, 0.2) is 0 Å². The van der Waals surface area contributed by atoms with Crippen LogP contribution in [0.4, 0.5) is 0 Å². The fourth-order valence-electron chi connectivity index (χ4n) is 2.57. The lowest BCUT2D eigenvalue weighted by Crippen LogP contribution is -2.48. The molecule has 6 nitrogen and oxygen atoms in total. The van der Waals surface area contributed by atoms with Gasteiger partial charge in [-0.2, -0.15) is 0 Å². The van der Waals surface area contributed by atoms with Gasteiger partial charge in [0.25, 0.3) is 0 Å². The number of H-pyrrole nitrogens is 1. The number of nitrogens with zero attached hydrogens (tertiary/aromatic N) is 3. The van der Waals surface area contributed by atoms with Gasteiger partial charge in [0.1, 0.15) is 0 Å². The van der Waals surface area contributed by atoms with Gasteiger partial charge in [-0.05, 0) is 24.1 Å². The number of rotatable bonds is 4. The van der Waals surface area contributed by atoms with Crippen LogP contribution in [-0.2, 0) is 24.2 Å². The zero-order chi connectivity index (χ0) is 14.7. The van der Waals surface area contributed by atoms with Crippen molar-refractivity contribution in [1.29, 1.82) is 0 Å². The molecule has 3 rings (SSSR count). The van der Waals surface area contributed by atoms with Crippen LogP contribution in [0.15, 0.2) is 30.9 Å². The second kappa shape index (κ2) is 6.05. The van der Waals surface area contributed by atoms with E-state index < -0.39 is 0 Å². The number of fused-ring (bicyclic) bond motifs is 1. The minimum absolute atomic E-state index is 0.123. The number of carbonyl (C=O) groups is 1. The van der Waals surface area contributed by atoms with Gasteiger partial charge in [-0.3, -0.25) is 15.1 Å². The molecule has 2 aromatic rings. The fourth-order valence-corrected chi connectivity index (χ4v) is 2.57. The number of amides is 1. The number of aromatic nitrogens is 3. The quantitative estimate of drug-likeness (QED) is 0.859. The van der Waals surface area contributed by atoms with E-state index in [0.717, 1.165) is 17.8 Å². The van der Waals surface area contributed by atoms with Crippen LogP contribution in [0.5, 0.6) is 0 Å². The summed E-state index contributed by atoms with van der Waals surface area (Å²) in [6, 6.07) is 3.78. The summed E-state index contributed by atoms with van der Waals surface area (Å²) in [5.41, 5.74) is 3.27. The Balaban J connectivity index is 1.55. The third kappa shape index (κ3) is 3.11. The Bertz CT molecular complexity index is 610. The molecule has 0 saturated heterocycles. The normalized spacial score (nSPS) is 17.3. The number of aromatic amines is 1. The monoisotopic (exact) mass is 285 g/mol. The van der Waals surface area contributed by atoms with Crippen LogP contribution in [-0.4, -0.2) is 45.4 Å². The van der Waals surface area contributed by atoms with Crippen molar-refractivity contribution in [1.82, 2.24) is 25.2 Å². The molecule has 0 fully saturated rings. The van der Waals surface area contributed by atoms with Crippen LogP contribution < -0.4 is 5.32 Å². The number of likely N-dealkylation sites (N-methyl/N-ethyl adjacent to an activating group) is 1. The predicted octanol–water partition coefficient (Wildman–Crippen LogP) is 0.520. The first-order chi connectivity index (χ1) is 10.2. The summed E-state index contributed by atoms with van der Waals surface area (Å²) in [5.74, 6) is 0.123. The summed E-state index contributed by atoms with van der Waals surface area (Å²) in [7, 11) is 1.85. The van der Waals surface area contributed by atoms with E-state index in [4.69, 9.17) is 0 Å². The highest BCUT2D eigenvalue weighted by Crippen LogP contribution is 2.13. The lowest BCUT2D eigenvalue weighted by Gasteiger charge is -2.27. The molecule has 6 heteroatoms. The molecule has 110 valence electrons. The SMILES string of the molecule is CN(CCc1ccncc1)C(=O)C1Cc2nc[nH]c2CN1. The molecule has 1 atom stereocenters. The van der Waals surface area contributed by atoms with Gasteiger partial charge in [-0.15, -0.1) is 0 Å². The van der Waals surface area contributed by atoms with Crippen LogP contribution in [0.2, 0.25) is 0 Å². The van der Waals surface area contributed by atoms with E-state index in [-0.39, 0.29) is 11.9 Å². The fraction of sp³-hybridized carbons (Fsp3) is 0.400. The molecule has 0 bridgehead atoms. The molecule has 1 unspecified atom stereocenters. The number of nitrogens with one attached hydrogen (secondary N) is 2. The average Bonchev–Trinajstić information content (AvgIpc) is 3.00. The van der Waals surface area contributed by atoms with Crippen molar-refractivity contribution in [2.45, 2.75) is 25.4 Å². The molecule has 1 amide bonds. The predicted molar refractivity (Wildman–Crippen MR) is 78.5 cm³/mol. The van der Waals surface area contributed by atoms with Crippen LogP contribution >= 0.6 is 0 Å². The maximum absolute atomic E-state index is 12.5. The molecule has 3 heterocycles. The molecule has 0 saturated carbocycles. The number of hydrogen-bond donors (Lipinski definition) is 2. The first kappa shape index (κ1) is 13.8. The highest BCUT2D eigenvalue weighted by atomic mass is 16.2. The van der Waals surface area contributed by atoms with E-state index in [9.17, 15) is 4.79 Å². The van der Waals surface area contributed by atoms with E-state index >= 15 is 0 Å². The molecule has 0 spiro atoms. The Morgan fingerprint density at radius 1 is 1.43 bits per heavy atom. The number of carbonyl (C=O) groups excluding carboxylic acids is 1. The van der Waals surface area contributed by atoms with Crippen molar-refractivity contribution >= 4 is 5.91 Å². The Labute approximate surface area is 123 Å². The summed E-state index contributed by atoms with van der Waals surface area (Å²) in [6.45, 7) is 1.37. The maximum atomic E-state index is 12.5. The van der Waals surface area contributed by atoms with Crippen molar-refractivity contribution in [2.75, 3.05) is 13.6 Å². The molecule has 0 radical (unpaired) electrons. The lowest BCUT2D eigenvalue weighted by molar-refractivity contribution is -0.132. The zero-order valence-electron chi connectivity index (χ0n) is 12.0. The van der Waals surface area contributed by atoms with E-state index in [1.807, 2.05) is 19.2 Å². The van der Waals surface area contributed by atoms with Crippen molar-refractivity contribution in [3.05, 3.63) is 47.8 Å². The molecule has 0 aliphatic carbocycles. The topological polar surface area (TPSA) is 73.9 Å². The van der Waals surface area contributed by atoms with Crippen molar-refractivity contribution in [3.8, 4) is 0 Å². The molecule has 2 aromatic heterocycles. The zero-order valence-corrected chi connectivity index (χ0v) is 12.0. The molecule has 1 aliphatic rings. The van der Waals surface area contributed by atoms with Crippen molar-refractivity contribution < 1.29 is 4.79 Å². The average molecular weight is 285 g/mol. The molecule has 1 aliphatic heterocycles. The van der Waals surface area contributed by atoms with Crippen LogP contribution in [0, 0.1) is 0 Å². The Kier molecular flexibility index (Phi) is 3.96. The third-order valence-corrected chi connectivity index (χ3v) is 3.89. The van der Waals surface area contributed by atoms with Gasteiger partial charge in [-0.1, -0.05) is 0 Å². The number of hydrogen-bond acceptors (Lipinski definition) is 4. The second-order valence-corrected chi connectivity index (χ2v) is 5.33. The number of pyridine rings is 1. The summed E-state index contributed by atoms with van der Waals surface area (Å²) < 4.78 is 0. The Morgan fingerprint density at radius 2 is 2.24 bits per heavy atom. The van der Waals surface area contributed by atoms with Crippen molar-refractivity contribution in [3.63, 3.8) is 0 Å². The van der Waals surface area contributed by atoms with Crippen molar-refractivity contribution in [2.24, 2.45) is 0 Å². The minimum atomic E-state index is -0.178. The summed E-state index contributed by atoms with van der Waals surface area (Å²) in [5, 5.41) is 3.27. The Morgan fingerprint density at radius 3 is 3.05 bits per heavy atom. The standard InChI is InChI=1S/C15H19N5O/c1-20(7-4-11-2-5-16-6-3-11)15(21)13-8-12-14(9-17-13)19-10-18-12/h2-3,5-6,10,13,17H,4,7-9H2,1H3,(H,18,19). The van der Waals surface area contributed by atoms with E-state index in [1.165, 1.54) is 5.56 Å². The first-order valence-electron chi connectivity index (χ1n) is 7.12. The van der Waals surface area contributed by atoms with Crippen LogP contribution in [0.3, 0.4) is 0 Å². The lowest BCUT2D eigenvalue weighted by atomic mass is 10.0. The second-order valence-electron chi connectivity index (χ2n) is 5.33. The third-order valence-electron chi connectivity index (χ3n) is 3.89. The van der Waals surface area contributed by atoms with Gasteiger partial charge < -0.3 is 9.88 Å². The Hall–Kier alpha value is -2.21. The number of imidazole rings is 1. The molecule has 0 aromatic carbocycles. The van der Waals surface area contributed by atoms with Gasteiger partial charge >= 0.3 is 0 Å². The van der Waals surface area contributed by atoms with Crippen LogP contribution in [0.25, 0.3) is 0 Å². The van der Waals surface area contributed by atoms with Gasteiger partial charge in [-0.25, -0.2) is 4.98 Å². The summed E-state index contributed by atoms with van der Waals surface area (Å²) in [6.07, 6.45) is 6.73. The van der Waals surface area contributed by atoms with E-state index in [0.29, 0.717) is 19.5 Å². The molecular weight excluding hydrogens is 266 g/mol. The molecule has 2 N–H and O–H groups in total. The molecular formula is C15H19N5O. The largest absolute Gasteiger partial charge is 0.347 e. The van der Waals surface area contributed by atoms with Crippen LogP contribution in [0.1, 0.15) is 17.0 Å². The minimum Gasteiger partial charge on any atom is -0.347 e. The van der Waals surface area contributed by atoms with E-state index in [1.54, 1.807) is 23.6 Å². The van der Waals surface area contributed by atoms with Gasteiger partial charge in [0, 0.05) is 39.0 Å². The maximum Gasteiger partial charge on any atom is 0.239 e. The summed E-state index contributed by atoms with van der Waals surface area (Å²) >= 11 is 0. The highest BCUT2D eigenvalue weighted by Gasteiger charge is 2.27. The highest BCUT2D eigenvalue weighted by molar-refractivity contribution is 5.82. The summed E-state index contributed by atoms with van der Waals surface area (Å²) in [4.78, 5) is 25.6.